The molecule has 0 aromatic heterocycles. The lowest BCUT2D eigenvalue weighted by Crippen LogP contribution is -1.98. The minimum atomic E-state index is -0.742. The first kappa shape index (κ1) is 10.2. The summed E-state index contributed by atoms with van der Waals surface area (Å²) in [5, 5.41) is 8.26. The van der Waals surface area contributed by atoms with E-state index in [0.29, 0.717) is 19.6 Å². The summed E-state index contributed by atoms with van der Waals surface area (Å²) in [6.07, 6.45) is 3.40. The summed E-state index contributed by atoms with van der Waals surface area (Å²) >= 11 is 0. The standard InChI is InChI=1S/C8H14O3/c1-2-6-11-7-4-3-5-8(9)10/h2H,1,3-7H2,(H,9,10). The number of carboxylic acids is 1. The molecule has 0 aliphatic carbocycles. The molecule has 0 spiro atoms. The number of rotatable bonds is 7. The average Bonchev–Trinajstić information content (AvgIpc) is 1.96. The van der Waals surface area contributed by atoms with Crippen LogP contribution >= 0.6 is 0 Å². The van der Waals surface area contributed by atoms with Gasteiger partial charge in [-0.3, -0.25) is 4.79 Å². The summed E-state index contributed by atoms with van der Waals surface area (Å²) < 4.78 is 5.05. The molecule has 0 aromatic rings. The van der Waals surface area contributed by atoms with Crippen LogP contribution in [0.1, 0.15) is 19.3 Å². The lowest BCUT2D eigenvalue weighted by atomic mass is 10.2. The minimum Gasteiger partial charge on any atom is -0.481 e. The molecule has 64 valence electrons. The topological polar surface area (TPSA) is 46.5 Å². The molecule has 0 rings (SSSR count). The maximum Gasteiger partial charge on any atom is 0.303 e. The Labute approximate surface area is 66.7 Å². The van der Waals surface area contributed by atoms with E-state index in [4.69, 9.17) is 9.84 Å². The third kappa shape index (κ3) is 9.17. The summed E-state index contributed by atoms with van der Waals surface area (Å²) in [6, 6.07) is 0. The lowest BCUT2D eigenvalue weighted by molar-refractivity contribution is -0.137. The molecule has 3 nitrogen and oxygen atoms in total. The maximum absolute atomic E-state index is 10.0. The normalized spacial score (nSPS) is 9.45. The molecule has 0 radical (unpaired) electrons. The van der Waals surface area contributed by atoms with Gasteiger partial charge in [-0.1, -0.05) is 6.08 Å². The number of aliphatic carboxylic acids is 1. The van der Waals surface area contributed by atoms with Gasteiger partial charge in [-0.05, 0) is 12.8 Å². The van der Waals surface area contributed by atoms with E-state index < -0.39 is 5.97 Å². The number of unbranched alkanes of at least 4 members (excludes halogenated alkanes) is 1. The molecule has 0 atom stereocenters. The van der Waals surface area contributed by atoms with E-state index in [1.54, 1.807) is 6.08 Å². The lowest BCUT2D eigenvalue weighted by Gasteiger charge is -1.98. The molecule has 0 aromatic carbocycles. The quantitative estimate of drug-likeness (QED) is 0.450. The second kappa shape index (κ2) is 7.28. The number of hydrogen-bond acceptors (Lipinski definition) is 2. The van der Waals surface area contributed by atoms with Crippen molar-refractivity contribution in [3.05, 3.63) is 12.7 Å². The van der Waals surface area contributed by atoms with E-state index in [9.17, 15) is 4.79 Å². The van der Waals surface area contributed by atoms with Gasteiger partial charge in [-0.2, -0.15) is 0 Å². The van der Waals surface area contributed by atoms with Gasteiger partial charge in [0.25, 0.3) is 0 Å². The molecule has 1 N–H and O–H groups in total. The molecule has 0 aliphatic heterocycles. The predicted octanol–water partition coefficient (Wildman–Crippen LogP) is 1.44. The van der Waals surface area contributed by atoms with Gasteiger partial charge in [0.2, 0.25) is 0 Å². The molecule has 11 heavy (non-hydrogen) atoms. The third-order valence-corrected chi connectivity index (χ3v) is 1.17. The van der Waals surface area contributed by atoms with Gasteiger partial charge in [-0.15, -0.1) is 6.58 Å². The van der Waals surface area contributed by atoms with Crippen LogP contribution in [0.4, 0.5) is 0 Å². The van der Waals surface area contributed by atoms with Crippen LogP contribution in [0.15, 0.2) is 12.7 Å². The Morgan fingerprint density at radius 2 is 2.27 bits per heavy atom. The third-order valence-electron chi connectivity index (χ3n) is 1.17. The van der Waals surface area contributed by atoms with Gasteiger partial charge in [0.05, 0.1) is 6.61 Å². The monoisotopic (exact) mass is 158 g/mol. The van der Waals surface area contributed by atoms with Crippen LogP contribution in [0.3, 0.4) is 0 Å². The zero-order valence-corrected chi connectivity index (χ0v) is 6.58. The second-order valence-electron chi connectivity index (χ2n) is 2.21. The summed E-state index contributed by atoms with van der Waals surface area (Å²) in [5.41, 5.74) is 0. The van der Waals surface area contributed by atoms with Crippen molar-refractivity contribution in [2.75, 3.05) is 13.2 Å². The van der Waals surface area contributed by atoms with Gasteiger partial charge < -0.3 is 9.84 Å². The van der Waals surface area contributed by atoms with Crippen molar-refractivity contribution in [3.63, 3.8) is 0 Å². The fourth-order valence-corrected chi connectivity index (χ4v) is 0.647. The van der Waals surface area contributed by atoms with Crippen molar-refractivity contribution in [1.82, 2.24) is 0 Å². The van der Waals surface area contributed by atoms with Crippen LogP contribution in [0, 0.1) is 0 Å². The molecule has 0 heterocycles. The SMILES string of the molecule is C=CCOCCCCC(=O)O. The van der Waals surface area contributed by atoms with Crippen LogP contribution < -0.4 is 0 Å². The smallest absolute Gasteiger partial charge is 0.303 e. The van der Waals surface area contributed by atoms with Crippen molar-refractivity contribution in [3.8, 4) is 0 Å². The molecule has 0 saturated carbocycles. The molecule has 3 heteroatoms. The molecular weight excluding hydrogens is 144 g/mol. The summed E-state index contributed by atoms with van der Waals surface area (Å²) in [5.74, 6) is -0.742. The number of hydrogen-bond donors (Lipinski definition) is 1. The first-order valence-electron chi connectivity index (χ1n) is 3.68. The van der Waals surface area contributed by atoms with Crippen LogP contribution in [0.2, 0.25) is 0 Å². The molecule has 0 unspecified atom stereocenters. The Balaban J connectivity index is 2.90. The second-order valence-corrected chi connectivity index (χ2v) is 2.21. The zero-order valence-electron chi connectivity index (χ0n) is 6.58. The highest BCUT2D eigenvalue weighted by atomic mass is 16.5. The van der Waals surface area contributed by atoms with Gasteiger partial charge in [0.15, 0.2) is 0 Å². The minimum absolute atomic E-state index is 0.234. The van der Waals surface area contributed by atoms with Gasteiger partial charge in [0.1, 0.15) is 0 Å². The molecule has 0 saturated heterocycles. The molecular formula is C8H14O3. The Kier molecular flexibility index (Phi) is 6.73. The van der Waals surface area contributed by atoms with Crippen molar-refractivity contribution >= 4 is 5.97 Å². The van der Waals surface area contributed by atoms with Crippen LogP contribution in [-0.4, -0.2) is 24.3 Å². The Hall–Kier alpha value is -0.830. The van der Waals surface area contributed by atoms with Crippen molar-refractivity contribution in [2.45, 2.75) is 19.3 Å². The Bertz CT molecular complexity index is 121. The first-order valence-corrected chi connectivity index (χ1v) is 3.68. The number of carbonyl (C=O) groups is 1. The fourth-order valence-electron chi connectivity index (χ4n) is 0.647. The first-order chi connectivity index (χ1) is 5.27. The summed E-state index contributed by atoms with van der Waals surface area (Å²) in [4.78, 5) is 10.0. The van der Waals surface area contributed by atoms with E-state index in [2.05, 4.69) is 6.58 Å². The molecule has 0 bridgehead atoms. The predicted molar refractivity (Wildman–Crippen MR) is 42.5 cm³/mol. The molecule has 0 fully saturated rings. The van der Waals surface area contributed by atoms with Gasteiger partial charge in [-0.25, -0.2) is 0 Å². The molecule has 0 amide bonds. The number of carboxylic acid groups (broad SMARTS) is 1. The highest BCUT2D eigenvalue weighted by Gasteiger charge is 1.94. The van der Waals surface area contributed by atoms with Crippen LogP contribution in [0.25, 0.3) is 0 Å². The van der Waals surface area contributed by atoms with Crippen molar-refractivity contribution < 1.29 is 14.6 Å². The fraction of sp³-hybridized carbons (Fsp3) is 0.625. The van der Waals surface area contributed by atoms with Crippen molar-refractivity contribution in [1.29, 1.82) is 0 Å². The highest BCUT2D eigenvalue weighted by Crippen LogP contribution is 1.95. The van der Waals surface area contributed by atoms with E-state index >= 15 is 0 Å². The zero-order chi connectivity index (χ0) is 8.53. The van der Waals surface area contributed by atoms with E-state index in [0.717, 1.165) is 6.42 Å². The maximum atomic E-state index is 10.0. The largest absolute Gasteiger partial charge is 0.481 e. The average molecular weight is 158 g/mol. The van der Waals surface area contributed by atoms with Gasteiger partial charge in [0, 0.05) is 13.0 Å². The Morgan fingerprint density at radius 3 is 2.82 bits per heavy atom. The van der Waals surface area contributed by atoms with E-state index in [1.807, 2.05) is 0 Å². The van der Waals surface area contributed by atoms with Crippen LogP contribution in [-0.2, 0) is 9.53 Å². The van der Waals surface area contributed by atoms with Crippen LogP contribution in [0.5, 0.6) is 0 Å². The molecule has 0 aliphatic rings. The van der Waals surface area contributed by atoms with E-state index in [1.165, 1.54) is 0 Å². The summed E-state index contributed by atoms with van der Waals surface area (Å²) in [7, 11) is 0. The van der Waals surface area contributed by atoms with Crippen molar-refractivity contribution in [2.24, 2.45) is 0 Å². The Morgan fingerprint density at radius 1 is 1.55 bits per heavy atom. The summed E-state index contributed by atoms with van der Waals surface area (Å²) in [6.45, 7) is 4.66. The van der Waals surface area contributed by atoms with E-state index in [-0.39, 0.29) is 6.42 Å². The number of ether oxygens (including phenoxy) is 1. The van der Waals surface area contributed by atoms with Gasteiger partial charge >= 0.3 is 5.97 Å². The highest BCUT2D eigenvalue weighted by molar-refractivity contribution is 5.66.